The Kier molecular flexibility index (Phi) is 17.0. The first kappa shape index (κ1) is 73.5. The molecule has 27 aromatic rings. The standard InChI is InChI=1S/C60H36N4S.C60H38N4/c1-3-17-42-37(13-1)15-11-22-44(42)52-36-53(45-23-12-16-38-14-2-4-18-43(38)45)62-60(61-52)64-55-25-9-6-20-47(55)50-34-40(28-31-57(50)64)39-27-30-56-49(33-39)46-19-5-8-24-54(46)63(56)41-29-32-59-51(35-41)48-21-7-10-26-58(48)65-59;1-2-15-39(16-3-1)42-21-12-22-45(35-42)63-56-29-10-8-25-50(56)52-36-43(31-33-58(52)63)44-32-34-59-53(37-44)51-26-9-11-30-57(51)64(59)60-61-54(48-27-13-19-40-17-4-6-23-46(40)48)38-55(62-60)49-28-14-20-41-18-5-7-24-47(41)49/h1-36H;1-38H. The van der Waals surface area contributed by atoms with Crippen LogP contribution in [0.15, 0.2) is 449 Å². The van der Waals surface area contributed by atoms with Crippen molar-refractivity contribution >= 4 is 162 Å². The summed E-state index contributed by atoms with van der Waals surface area (Å²) < 4.78 is 12.0. The predicted octanol–water partition coefficient (Wildman–Crippen LogP) is 32.0. The maximum atomic E-state index is 5.45. The summed E-state index contributed by atoms with van der Waals surface area (Å²) in [5.41, 5.74) is 26.2. The van der Waals surface area contributed by atoms with Crippen LogP contribution < -0.4 is 0 Å². The Morgan fingerprint density at radius 1 is 0.155 bits per heavy atom. The van der Waals surface area contributed by atoms with Crippen molar-refractivity contribution in [2.24, 2.45) is 0 Å². The van der Waals surface area contributed by atoms with Crippen LogP contribution in [0.25, 0.3) is 252 Å². The van der Waals surface area contributed by atoms with Gasteiger partial charge in [0.1, 0.15) is 0 Å². The average Bonchev–Trinajstić information content (AvgIpc) is 1.58. The number of para-hydroxylation sites is 4. The van der Waals surface area contributed by atoms with E-state index in [-0.39, 0.29) is 0 Å². The van der Waals surface area contributed by atoms with Crippen LogP contribution in [0.3, 0.4) is 0 Å². The summed E-state index contributed by atoms with van der Waals surface area (Å²) in [7, 11) is 0. The van der Waals surface area contributed by atoms with E-state index >= 15 is 0 Å². The fourth-order valence-electron chi connectivity index (χ4n) is 20.3. The van der Waals surface area contributed by atoms with Crippen molar-refractivity contribution < 1.29 is 0 Å². The first-order chi connectivity index (χ1) is 63.9. The molecule has 0 saturated carbocycles. The highest BCUT2D eigenvalue weighted by molar-refractivity contribution is 7.25. The Bertz CT molecular complexity index is 9090. The number of aromatic nitrogens is 8. The van der Waals surface area contributed by atoms with Crippen LogP contribution in [0.5, 0.6) is 0 Å². The topological polar surface area (TPSA) is 71.3 Å². The fourth-order valence-corrected chi connectivity index (χ4v) is 21.4. The zero-order valence-electron chi connectivity index (χ0n) is 69.7. The number of hydrogen-bond acceptors (Lipinski definition) is 5. The molecule has 8 nitrogen and oxygen atoms in total. The van der Waals surface area contributed by atoms with Gasteiger partial charge in [-0.2, -0.15) is 0 Å². The summed E-state index contributed by atoms with van der Waals surface area (Å²) in [6.07, 6.45) is 0. The average molecular weight is 1660 g/mol. The van der Waals surface area contributed by atoms with Gasteiger partial charge in [-0.05, 0) is 198 Å². The summed E-state index contributed by atoms with van der Waals surface area (Å²) in [4.78, 5) is 21.8. The van der Waals surface area contributed by atoms with E-state index in [4.69, 9.17) is 19.9 Å². The zero-order valence-corrected chi connectivity index (χ0v) is 70.5. The van der Waals surface area contributed by atoms with Gasteiger partial charge in [0.2, 0.25) is 11.9 Å². The van der Waals surface area contributed by atoms with E-state index in [1.165, 1.54) is 113 Å². The lowest BCUT2D eigenvalue weighted by Gasteiger charge is -2.14. The summed E-state index contributed by atoms with van der Waals surface area (Å²) >= 11 is 1.86. The Balaban J connectivity index is 0.000000136. The van der Waals surface area contributed by atoms with Crippen LogP contribution in [-0.2, 0) is 0 Å². The lowest BCUT2D eigenvalue weighted by molar-refractivity contribution is 0.996. The number of rotatable bonds is 11. The minimum atomic E-state index is 0.637. The Hall–Kier alpha value is -17.0. The van der Waals surface area contributed by atoms with Crippen molar-refractivity contribution in [3.63, 3.8) is 0 Å². The second-order valence-corrected chi connectivity index (χ2v) is 34.6. The van der Waals surface area contributed by atoms with Crippen LogP contribution in [0.1, 0.15) is 0 Å². The summed E-state index contributed by atoms with van der Waals surface area (Å²) in [6.45, 7) is 0. The minimum Gasteiger partial charge on any atom is -0.309 e. The number of nitrogens with zero attached hydrogens (tertiary/aromatic N) is 8. The summed E-state index contributed by atoms with van der Waals surface area (Å²) in [5, 5.41) is 21.5. The normalized spacial score (nSPS) is 11.9. The lowest BCUT2D eigenvalue weighted by atomic mass is 9.99. The Morgan fingerprint density at radius 3 is 0.829 bits per heavy atom. The smallest absolute Gasteiger partial charge is 0.235 e. The minimum absolute atomic E-state index is 0.637. The van der Waals surface area contributed by atoms with E-state index in [9.17, 15) is 0 Å². The maximum Gasteiger partial charge on any atom is 0.235 e. The van der Waals surface area contributed by atoms with Crippen molar-refractivity contribution in [1.29, 1.82) is 0 Å². The van der Waals surface area contributed by atoms with Crippen LogP contribution in [0, 0.1) is 0 Å². The Labute approximate surface area is 745 Å². The molecule has 0 saturated heterocycles. The molecule has 0 bridgehead atoms. The second-order valence-electron chi connectivity index (χ2n) is 33.5. The van der Waals surface area contributed by atoms with Gasteiger partial charge in [0, 0.05) is 96.9 Å². The molecule has 0 amide bonds. The van der Waals surface area contributed by atoms with Crippen molar-refractivity contribution in [1.82, 2.24) is 38.2 Å². The number of hydrogen-bond donors (Lipinski definition) is 0. The SMILES string of the molecule is c1ccc(-c2cccc(-n3c4ccccc4c4cc(-c5ccc6c(c5)c5ccccc5n6-c5nc(-c6cccc7ccccc67)cc(-c6cccc7ccccc67)n5)ccc43)c2)cc1.c1ccc2c(-c3cc(-c4cccc5ccccc45)nc(-n4c5ccccc5c5cc(-c6ccc7c(c6)c6ccccc6n7-c6ccc7sc8ccccc8c7c6)ccc54)n3)cccc2c1. The highest BCUT2D eigenvalue weighted by Crippen LogP contribution is 2.46. The van der Waals surface area contributed by atoms with Gasteiger partial charge in [-0.3, -0.25) is 9.13 Å². The van der Waals surface area contributed by atoms with E-state index in [1.54, 1.807) is 0 Å². The summed E-state index contributed by atoms with van der Waals surface area (Å²) in [6, 6.07) is 162. The van der Waals surface area contributed by atoms with Gasteiger partial charge in [-0.1, -0.05) is 328 Å². The van der Waals surface area contributed by atoms with E-state index in [1.807, 2.05) is 11.3 Å². The van der Waals surface area contributed by atoms with E-state index in [0.717, 1.165) is 127 Å². The van der Waals surface area contributed by atoms with Gasteiger partial charge in [0.25, 0.3) is 0 Å². The maximum absolute atomic E-state index is 5.45. The van der Waals surface area contributed by atoms with Crippen LogP contribution in [0.2, 0.25) is 0 Å². The van der Waals surface area contributed by atoms with Gasteiger partial charge in [-0.15, -0.1) is 11.3 Å². The molecule has 129 heavy (non-hydrogen) atoms. The molecule has 0 aliphatic carbocycles. The fraction of sp³-hybridized carbons (Fsp3) is 0. The molecule has 0 atom stereocenters. The first-order valence-electron chi connectivity index (χ1n) is 43.9. The molecule has 0 radical (unpaired) electrons. The molecule has 0 spiro atoms. The Morgan fingerprint density at radius 2 is 0.434 bits per heavy atom. The molecule has 0 fully saturated rings. The largest absolute Gasteiger partial charge is 0.309 e. The van der Waals surface area contributed by atoms with E-state index in [0.29, 0.717) is 11.9 Å². The summed E-state index contributed by atoms with van der Waals surface area (Å²) in [5.74, 6) is 1.28. The molecule has 0 aliphatic heterocycles. The molecule has 0 N–H and O–H groups in total. The molecule has 0 aliphatic rings. The van der Waals surface area contributed by atoms with Crippen molar-refractivity contribution in [2.45, 2.75) is 0 Å². The molecule has 0 unspecified atom stereocenters. The third-order valence-electron chi connectivity index (χ3n) is 26.3. The highest BCUT2D eigenvalue weighted by atomic mass is 32.1. The van der Waals surface area contributed by atoms with Gasteiger partial charge in [0.05, 0.1) is 66.9 Å². The third-order valence-corrected chi connectivity index (χ3v) is 27.4. The lowest BCUT2D eigenvalue weighted by Crippen LogP contribution is -2.04. The van der Waals surface area contributed by atoms with Crippen LogP contribution in [-0.4, -0.2) is 38.2 Å². The molecular formula is C120H74N8S. The third kappa shape index (κ3) is 12.2. The second kappa shape index (κ2) is 29.9. The van der Waals surface area contributed by atoms with Gasteiger partial charge < -0.3 is 9.13 Å². The molecule has 7 heterocycles. The molecule has 9 heteroatoms. The number of thiophene rings is 1. The van der Waals surface area contributed by atoms with E-state index in [2.05, 4.69) is 467 Å². The number of benzene rings is 20. The van der Waals surface area contributed by atoms with E-state index < -0.39 is 0 Å². The van der Waals surface area contributed by atoms with Gasteiger partial charge in [0.15, 0.2) is 0 Å². The molecular weight excluding hydrogens is 1590 g/mol. The highest BCUT2D eigenvalue weighted by Gasteiger charge is 2.25. The zero-order chi connectivity index (χ0) is 84.7. The van der Waals surface area contributed by atoms with Gasteiger partial charge >= 0.3 is 0 Å². The van der Waals surface area contributed by atoms with Crippen LogP contribution in [0.4, 0.5) is 0 Å². The monoisotopic (exact) mass is 1660 g/mol. The quantitative estimate of drug-likeness (QED) is 0.129. The van der Waals surface area contributed by atoms with Crippen LogP contribution >= 0.6 is 11.3 Å². The molecule has 27 rings (SSSR count). The molecule has 600 valence electrons. The van der Waals surface area contributed by atoms with Gasteiger partial charge in [-0.25, -0.2) is 19.9 Å². The predicted molar refractivity (Wildman–Crippen MR) is 542 cm³/mol. The van der Waals surface area contributed by atoms with Crippen molar-refractivity contribution in [3.05, 3.63) is 449 Å². The first-order valence-corrected chi connectivity index (χ1v) is 44.7. The van der Waals surface area contributed by atoms with Crippen molar-refractivity contribution in [2.75, 3.05) is 0 Å². The number of fused-ring (bicyclic) bond motifs is 19. The molecule has 20 aromatic carbocycles. The molecule has 7 aromatic heterocycles. The van der Waals surface area contributed by atoms with Crippen molar-refractivity contribution in [3.8, 4) is 102 Å².